The SMILES string of the molecule is CC1(O)CCCN(S(=O)(=O)c2ccc(C#CCO)cc2)C1. The van der Waals surface area contributed by atoms with Gasteiger partial charge in [0.2, 0.25) is 10.0 Å². The molecular weight excluding hydrogens is 290 g/mol. The monoisotopic (exact) mass is 309 g/mol. The van der Waals surface area contributed by atoms with Gasteiger partial charge in [0, 0.05) is 18.7 Å². The highest BCUT2D eigenvalue weighted by Gasteiger charge is 2.35. The summed E-state index contributed by atoms with van der Waals surface area (Å²) in [5, 5.41) is 18.7. The molecule has 1 atom stereocenters. The fraction of sp³-hybridized carbons (Fsp3) is 0.467. The zero-order valence-corrected chi connectivity index (χ0v) is 12.7. The van der Waals surface area contributed by atoms with Crippen molar-refractivity contribution in [2.75, 3.05) is 19.7 Å². The molecule has 1 unspecified atom stereocenters. The maximum Gasteiger partial charge on any atom is 0.243 e. The van der Waals surface area contributed by atoms with Crippen molar-refractivity contribution in [3.63, 3.8) is 0 Å². The third-order valence-electron chi connectivity index (χ3n) is 3.44. The molecule has 1 heterocycles. The van der Waals surface area contributed by atoms with Crippen LogP contribution in [0.5, 0.6) is 0 Å². The molecule has 114 valence electrons. The molecule has 1 fully saturated rings. The number of hydrogen-bond acceptors (Lipinski definition) is 4. The Labute approximate surface area is 125 Å². The van der Waals surface area contributed by atoms with E-state index in [4.69, 9.17) is 5.11 Å². The quantitative estimate of drug-likeness (QED) is 0.783. The Morgan fingerprint density at radius 3 is 2.57 bits per heavy atom. The molecule has 0 aliphatic carbocycles. The van der Waals surface area contributed by atoms with Crippen molar-refractivity contribution < 1.29 is 18.6 Å². The van der Waals surface area contributed by atoms with Crippen molar-refractivity contribution in [1.82, 2.24) is 4.31 Å². The molecule has 1 saturated heterocycles. The van der Waals surface area contributed by atoms with Crippen LogP contribution < -0.4 is 0 Å². The summed E-state index contributed by atoms with van der Waals surface area (Å²) in [6.45, 7) is 1.96. The minimum Gasteiger partial charge on any atom is -0.389 e. The van der Waals surface area contributed by atoms with Gasteiger partial charge in [-0.2, -0.15) is 4.31 Å². The lowest BCUT2D eigenvalue weighted by molar-refractivity contribution is 0.00940. The molecule has 1 aliphatic heterocycles. The second-order valence-electron chi connectivity index (χ2n) is 5.42. The average molecular weight is 309 g/mol. The third kappa shape index (κ3) is 3.83. The lowest BCUT2D eigenvalue weighted by atomic mass is 9.97. The predicted molar refractivity (Wildman–Crippen MR) is 79.0 cm³/mol. The topological polar surface area (TPSA) is 77.8 Å². The van der Waals surface area contributed by atoms with E-state index in [-0.39, 0.29) is 18.0 Å². The molecular formula is C15H19NO4S. The standard InChI is InChI=1S/C15H19NO4S/c1-15(18)9-3-10-16(12-15)21(19,20)14-7-5-13(6-8-14)4-2-11-17/h5-8,17-18H,3,9-12H2,1H3. The maximum atomic E-state index is 12.5. The molecule has 1 aliphatic rings. The van der Waals surface area contributed by atoms with Crippen molar-refractivity contribution in [1.29, 1.82) is 0 Å². The largest absolute Gasteiger partial charge is 0.389 e. The van der Waals surface area contributed by atoms with Crippen LogP contribution in [-0.2, 0) is 10.0 Å². The van der Waals surface area contributed by atoms with E-state index < -0.39 is 15.6 Å². The number of piperidine rings is 1. The Balaban J connectivity index is 2.23. The molecule has 0 spiro atoms. The van der Waals surface area contributed by atoms with Gasteiger partial charge in [-0.15, -0.1) is 0 Å². The van der Waals surface area contributed by atoms with Gasteiger partial charge in [0.25, 0.3) is 0 Å². The molecule has 6 heteroatoms. The van der Waals surface area contributed by atoms with Crippen LogP contribution in [0.25, 0.3) is 0 Å². The minimum absolute atomic E-state index is 0.113. The van der Waals surface area contributed by atoms with Gasteiger partial charge in [0.1, 0.15) is 6.61 Å². The first-order valence-electron chi connectivity index (χ1n) is 6.77. The van der Waals surface area contributed by atoms with Crippen molar-refractivity contribution >= 4 is 10.0 Å². The smallest absolute Gasteiger partial charge is 0.243 e. The number of benzene rings is 1. The second kappa shape index (κ2) is 6.16. The van der Waals surface area contributed by atoms with Crippen LogP contribution in [0.1, 0.15) is 25.3 Å². The highest BCUT2D eigenvalue weighted by atomic mass is 32.2. The van der Waals surface area contributed by atoms with Gasteiger partial charge in [-0.1, -0.05) is 11.8 Å². The molecule has 5 nitrogen and oxygen atoms in total. The van der Waals surface area contributed by atoms with Gasteiger partial charge >= 0.3 is 0 Å². The van der Waals surface area contributed by atoms with Gasteiger partial charge in [-0.05, 0) is 44.0 Å². The van der Waals surface area contributed by atoms with Crippen LogP contribution in [0, 0.1) is 11.8 Å². The fourth-order valence-corrected chi connectivity index (χ4v) is 3.98. The molecule has 1 aromatic carbocycles. The van der Waals surface area contributed by atoms with Crippen molar-refractivity contribution in [2.24, 2.45) is 0 Å². The number of hydrogen-bond donors (Lipinski definition) is 2. The minimum atomic E-state index is -3.59. The summed E-state index contributed by atoms with van der Waals surface area (Å²) < 4.78 is 26.4. The number of aliphatic hydroxyl groups is 2. The molecule has 0 saturated carbocycles. The fourth-order valence-electron chi connectivity index (χ4n) is 2.38. The zero-order valence-electron chi connectivity index (χ0n) is 11.9. The molecule has 1 aromatic rings. The van der Waals surface area contributed by atoms with E-state index in [0.717, 1.165) is 0 Å². The van der Waals surface area contributed by atoms with Gasteiger partial charge in [0.15, 0.2) is 0 Å². The summed E-state index contributed by atoms with van der Waals surface area (Å²) in [5.41, 5.74) is -0.327. The Morgan fingerprint density at radius 2 is 2.00 bits per heavy atom. The van der Waals surface area contributed by atoms with Crippen LogP contribution in [0.3, 0.4) is 0 Å². The highest BCUT2D eigenvalue weighted by Crippen LogP contribution is 2.26. The van der Waals surface area contributed by atoms with E-state index in [2.05, 4.69) is 11.8 Å². The Hall–Kier alpha value is -1.39. The number of aliphatic hydroxyl groups excluding tert-OH is 1. The van der Waals surface area contributed by atoms with Gasteiger partial charge in [0.05, 0.1) is 10.5 Å². The number of β-amino-alcohol motifs (C(OH)–C–C–N with tert-alkyl or cyclic N) is 1. The lowest BCUT2D eigenvalue weighted by Gasteiger charge is -2.35. The summed E-state index contributed by atoms with van der Waals surface area (Å²) in [5.74, 6) is 5.23. The first-order chi connectivity index (χ1) is 9.85. The van der Waals surface area contributed by atoms with E-state index in [1.165, 1.54) is 16.4 Å². The molecule has 0 bridgehead atoms. The summed E-state index contributed by atoms with van der Waals surface area (Å²) in [6.07, 6.45) is 1.25. The van der Waals surface area contributed by atoms with E-state index in [9.17, 15) is 13.5 Å². The van der Waals surface area contributed by atoms with Crippen LogP contribution in [0.4, 0.5) is 0 Å². The van der Waals surface area contributed by atoms with Gasteiger partial charge in [-0.25, -0.2) is 8.42 Å². The maximum absolute atomic E-state index is 12.5. The summed E-state index contributed by atoms with van der Waals surface area (Å²) in [4.78, 5) is 0.190. The lowest BCUT2D eigenvalue weighted by Crippen LogP contribution is -2.48. The van der Waals surface area contributed by atoms with Gasteiger partial charge in [-0.3, -0.25) is 0 Å². The molecule has 2 rings (SSSR count). The molecule has 0 amide bonds. The summed E-state index contributed by atoms with van der Waals surface area (Å²) in [7, 11) is -3.59. The van der Waals surface area contributed by atoms with Crippen LogP contribution >= 0.6 is 0 Å². The Morgan fingerprint density at radius 1 is 1.33 bits per heavy atom. The van der Waals surface area contributed by atoms with Crippen molar-refractivity contribution in [3.05, 3.63) is 29.8 Å². The average Bonchev–Trinajstić information content (AvgIpc) is 2.44. The summed E-state index contributed by atoms with van der Waals surface area (Å²) in [6, 6.07) is 6.22. The highest BCUT2D eigenvalue weighted by molar-refractivity contribution is 7.89. The van der Waals surface area contributed by atoms with Crippen LogP contribution in [-0.4, -0.2) is 48.2 Å². The number of nitrogens with zero attached hydrogens (tertiary/aromatic N) is 1. The Kier molecular flexibility index (Phi) is 4.69. The second-order valence-corrected chi connectivity index (χ2v) is 7.36. The van der Waals surface area contributed by atoms with Crippen molar-refractivity contribution in [3.8, 4) is 11.8 Å². The normalized spacial score (nSPS) is 23.4. The van der Waals surface area contributed by atoms with E-state index in [1.807, 2.05) is 0 Å². The van der Waals surface area contributed by atoms with E-state index in [0.29, 0.717) is 24.9 Å². The molecule has 21 heavy (non-hydrogen) atoms. The third-order valence-corrected chi connectivity index (χ3v) is 5.30. The van der Waals surface area contributed by atoms with E-state index >= 15 is 0 Å². The molecule has 2 N–H and O–H groups in total. The molecule has 0 radical (unpaired) electrons. The predicted octanol–water partition coefficient (Wildman–Crippen LogP) is 0.566. The van der Waals surface area contributed by atoms with Gasteiger partial charge < -0.3 is 10.2 Å². The van der Waals surface area contributed by atoms with Crippen LogP contribution in [0.2, 0.25) is 0 Å². The molecule has 0 aromatic heterocycles. The van der Waals surface area contributed by atoms with Crippen molar-refractivity contribution in [2.45, 2.75) is 30.3 Å². The summed E-state index contributed by atoms with van der Waals surface area (Å²) >= 11 is 0. The van der Waals surface area contributed by atoms with Crippen LogP contribution in [0.15, 0.2) is 29.2 Å². The Bertz CT molecular complexity index is 653. The number of rotatable bonds is 2. The first-order valence-corrected chi connectivity index (χ1v) is 8.21. The zero-order chi connectivity index (χ0) is 15.5. The first kappa shape index (κ1) is 16.0. The van der Waals surface area contributed by atoms with E-state index in [1.54, 1.807) is 19.1 Å². The number of sulfonamides is 1.